The van der Waals surface area contributed by atoms with E-state index < -0.39 is 14.4 Å². The molecule has 0 aromatic rings. The van der Waals surface area contributed by atoms with Gasteiger partial charge in [-0.1, -0.05) is 0 Å². The molecular formula is C20H22Cl2NO8PRu. The molecule has 6 aliphatic rings. The van der Waals surface area contributed by atoms with Gasteiger partial charge in [-0.15, -0.1) is 0 Å². The van der Waals surface area contributed by atoms with E-state index in [1.165, 1.54) is 17.1 Å². The van der Waals surface area contributed by atoms with Crippen LogP contribution in [-0.4, -0.2) is 66.4 Å². The Balaban J connectivity index is 0.000000216. The molecule has 0 N–H and O–H groups in total. The van der Waals surface area contributed by atoms with Gasteiger partial charge in [-0.25, -0.2) is 0 Å². The van der Waals surface area contributed by atoms with Gasteiger partial charge in [0.05, 0.1) is 6.61 Å². The summed E-state index contributed by atoms with van der Waals surface area (Å²) in [6.45, 7) is 4.64. The molecular weight excluding hydrogens is 585 g/mol. The second-order valence-electron chi connectivity index (χ2n) is 7.88. The monoisotopic (exact) mass is 607 g/mol. The van der Waals surface area contributed by atoms with Crippen molar-refractivity contribution in [3.63, 3.8) is 0 Å². The summed E-state index contributed by atoms with van der Waals surface area (Å²) in [4.78, 5) is 23.6. The van der Waals surface area contributed by atoms with Crippen LogP contribution in [0.5, 0.6) is 0 Å². The van der Waals surface area contributed by atoms with Crippen molar-refractivity contribution in [3.05, 3.63) is 50.2 Å². The van der Waals surface area contributed by atoms with E-state index in [0.717, 1.165) is 5.92 Å². The molecule has 5 aliphatic heterocycles. The van der Waals surface area contributed by atoms with Gasteiger partial charge in [0.15, 0.2) is 12.1 Å². The maximum atomic E-state index is 11.2. The summed E-state index contributed by atoms with van der Waals surface area (Å²) in [5.41, 5.74) is 0. The van der Waals surface area contributed by atoms with Crippen LogP contribution in [0.4, 0.5) is 0 Å². The SMILES string of the molecule is CC1(C)O[C@H]2O[C@@H]3C4COP(O4)O[C@@H]3[C@H]2O1.O=C1C=CC(=O)N1C[C]1[CH][CH][CH][CH][CH]1.[Cl-].[Cl-].[Ru+2]. The smallest absolute Gasteiger partial charge is 1.00 e. The van der Waals surface area contributed by atoms with Crippen molar-refractivity contribution in [2.24, 2.45) is 0 Å². The van der Waals surface area contributed by atoms with Crippen LogP contribution in [0.3, 0.4) is 0 Å². The molecule has 2 bridgehead atoms. The van der Waals surface area contributed by atoms with Gasteiger partial charge >= 0.3 is 28.1 Å². The normalized spacial score (nSPS) is 37.8. The first-order valence-corrected chi connectivity index (χ1v) is 10.8. The molecule has 0 aromatic heterocycles. The Morgan fingerprint density at radius 1 is 0.970 bits per heavy atom. The molecule has 0 aromatic carbocycles. The maximum absolute atomic E-state index is 11.2. The van der Waals surface area contributed by atoms with E-state index >= 15 is 0 Å². The van der Waals surface area contributed by atoms with Crippen molar-refractivity contribution >= 4 is 20.4 Å². The third-order valence-electron chi connectivity index (χ3n) is 5.25. The number of amides is 2. The summed E-state index contributed by atoms with van der Waals surface area (Å²) in [5, 5.41) is 0. The van der Waals surface area contributed by atoms with Crippen molar-refractivity contribution in [2.45, 2.75) is 50.3 Å². The molecule has 33 heavy (non-hydrogen) atoms. The van der Waals surface area contributed by atoms with E-state index in [2.05, 4.69) is 0 Å². The number of carbonyl (C=O) groups is 2. The molecule has 4 saturated heterocycles. The van der Waals surface area contributed by atoms with Gasteiger partial charge in [0, 0.05) is 24.6 Å². The average Bonchev–Trinajstić information content (AvgIpc) is 3.43. The minimum absolute atomic E-state index is 0. The van der Waals surface area contributed by atoms with E-state index in [0.29, 0.717) is 13.2 Å². The molecule has 6 rings (SSSR count). The minimum Gasteiger partial charge on any atom is -1.00 e. The maximum Gasteiger partial charge on any atom is 2.00 e. The van der Waals surface area contributed by atoms with Gasteiger partial charge in [-0.05, 0) is 46.0 Å². The molecule has 182 valence electrons. The molecule has 6 atom stereocenters. The third kappa shape index (κ3) is 6.35. The Morgan fingerprint density at radius 2 is 1.64 bits per heavy atom. The van der Waals surface area contributed by atoms with Crippen LogP contribution in [0.25, 0.3) is 0 Å². The number of halogens is 2. The summed E-state index contributed by atoms with van der Waals surface area (Å²) in [6, 6.07) is 0. The van der Waals surface area contributed by atoms with Gasteiger partial charge in [0.2, 0.25) is 0 Å². The van der Waals surface area contributed by atoms with Crippen molar-refractivity contribution in [2.75, 3.05) is 13.2 Å². The first-order valence-electron chi connectivity index (χ1n) is 9.75. The summed E-state index contributed by atoms with van der Waals surface area (Å²) < 4.78 is 33.8. The Hall–Kier alpha value is 0.273. The Morgan fingerprint density at radius 3 is 2.30 bits per heavy atom. The standard InChI is InChI=1S/C11H9NO2.C9H13O6P.2ClH.Ru/c13-10-6-7-11(14)12(10)8-9-4-2-1-3-5-9;1-9(2)12-7-6-5(11-8(7)13-9)4-3-10-16(14-4)15-6;;;/h1-7H,8H2;4-8H,3H2,1-2H3;2*1H;/q;;;;+2/p-2/t;4?,5-,6+,7-,8-,16?;;;/m.1.../s1. The number of rotatable bonds is 2. The molecule has 2 unspecified atom stereocenters. The topological polar surface area (TPSA) is 92.8 Å². The Kier molecular flexibility index (Phi) is 10.7. The fraction of sp³-hybridized carbons (Fsp3) is 0.500. The van der Waals surface area contributed by atoms with Gasteiger partial charge in [-0.3, -0.25) is 14.5 Å². The van der Waals surface area contributed by atoms with E-state index in [1.807, 2.05) is 46.0 Å². The van der Waals surface area contributed by atoms with Crippen LogP contribution in [-0.2, 0) is 56.8 Å². The quantitative estimate of drug-likeness (QED) is 0.176. The summed E-state index contributed by atoms with van der Waals surface area (Å²) >= 11 is 0. The predicted octanol–water partition coefficient (Wildman–Crippen LogP) is -4.57. The van der Waals surface area contributed by atoms with Crippen LogP contribution in [0.2, 0.25) is 0 Å². The molecule has 5 fully saturated rings. The number of fused-ring (bicyclic) bond motifs is 6. The third-order valence-corrected chi connectivity index (χ3v) is 6.47. The first-order chi connectivity index (χ1) is 14.4. The van der Waals surface area contributed by atoms with Crippen molar-refractivity contribution in [1.82, 2.24) is 4.90 Å². The zero-order valence-electron chi connectivity index (χ0n) is 17.6. The second-order valence-corrected chi connectivity index (χ2v) is 9.01. The fourth-order valence-corrected chi connectivity index (χ4v) is 5.17. The van der Waals surface area contributed by atoms with E-state index in [1.54, 1.807) is 0 Å². The van der Waals surface area contributed by atoms with E-state index in [9.17, 15) is 9.59 Å². The largest absolute Gasteiger partial charge is 2.00 e. The fourth-order valence-electron chi connectivity index (χ4n) is 3.89. The molecule has 2 amide bonds. The molecule has 1 aliphatic carbocycles. The number of hydrogen-bond acceptors (Lipinski definition) is 8. The van der Waals surface area contributed by atoms with Crippen molar-refractivity contribution in [3.8, 4) is 0 Å². The van der Waals surface area contributed by atoms with Crippen LogP contribution in [0, 0.1) is 38.0 Å². The van der Waals surface area contributed by atoms with E-state index in [4.69, 9.17) is 27.8 Å². The number of carbonyl (C=O) groups excluding carboxylic acids is 2. The van der Waals surface area contributed by atoms with Gasteiger partial charge in [-0.2, -0.15) is 0 Å². The zero-order valence-corrected chi connectivity index (χ0v) is 21.8. The van der Waals surface area contributed by atoms with Crippen LogP contribution >= 0.6 is 8.60 Å². The summed E-state index contributed by atoms with van der Waals surface area (Å²) in [5.74, 6) is -0.120. The van der Waals surface area contributed by atoms with Gasteiger partial charge in [0.1, 0.15) is 24.4 Å². The summed E-state index contributed by atoms with van der Waals surface area (Å²) in [7, 11) is -1.20. The molecule has 9 nitrogen and oxygen atoms in total. The molecule has 6 radical (unpaired) electrons. The van der Waals surface area contributed by atoms with Gasteiger partial charge in [0.25, 0.3) is 11.8 Å². The Bertz CT molecular complexity index is 723. The predicted molar refractivity (Wildman–Crippen MR) is 102 cm³/mol. The number of imide groups is 1. The molecule has 0 spiro atoms. The second kappa shape index (κ2) is 12.0. The van der Waals surface area contributed by atoms with Crippen LogP contribution in [0.15, 0.2) is 12.2 Å². The minimum atomic E-state index is -1.20. The van der Waals surface area contributed by atoms with Crippen LogP contribution in [0.1, 0.15) is 13.8 Å². The Labute approximate surface area is 220 Å². The van der Waals surface area contributed by atoms with Crippen LogP contribution < -0.4 is 24.8 Å². The number of ether oxygens (including phenoxy) is 3. The van der Waals surface area contributed by atoms with Crippen molar-refractivity contribution in [1.29, 1.82) is 0 Å². The number of hydrogen-bond donors (Lipinski definition) is 0. The molecule has 1 saturated carbocycles. The number of nitrogens with zero attached hydrogens (tertiary/aromatic N) is 1. The molecule has 5 heterocycles. The summed E-state index contributed by atoms with van der Waals surface area (Å²) in [6.07, 6.45) is 11.2. The zero-order chi connectivity index (χ0) is 20.9. The van der Waals surface area contributed by atoms with Gasteiger partial charge < -0.3 is 52.6 Å². The van der Waals surface area contributed by atoms with E-state index in [-0.39, 0.29) is 86.8 Å². The molecule has 13 heteroatoms. The average molecular weight is 607 g/mol. The van der Waals surface area contributed by atoms with Crippen molar-refractivity contribution < 1.29 is 81.7 Å². The first kappa shape index (κ1) is 29.5.